The third kappa shape index (κ3) is 2.04. The van der Waals surface area contributed by atoms with E-state index in [1.54, 1.807) is 0 Å². The van der Waals surface area contributed by atoms with Crippen LogP contribution in [0.2, 0.25) is 0 Å². The quantitative estimate of drug-likeness (QED) is 0.815. The van der Waals surface area contributed by atoms with Crippen LogP contribution in [0, 0.1) is 0 Å². The zero-order valence-electron chi connectivity index (χ0n) is 10.5. The largest absolute Gasteiger partial charge is 0.339 e. The Morgan fingerprint density at radius 1 is 1.39 bits per heavy atom. The van der Waals surface area contributed by atoms with Crippen LogP contribution in [-0.2, 0) is 12.8 Å². The second-order valence-electron chi connectivity index (χ2n) is 4.71. The van der Waals surface area contributed by atoms with Gasteiger partial charge in [-0.15, -0.1) is 0 Å². The molecule has 1 aromatic carbocycles. The van der Waals surface area contributed by atoms with E-state index in [4.69, 9.17) is 4.52 Å². The first-order valence-corrected chi connectivity index (χ1v) is 6.43. The Bertz CT molecular complexity index is 535. The number of rotatable bonds is 5. The molecule has 2 aromatic rings. The maximum Gasteiger partial charge on any atom is 0.226 e. The molecule has 1 aromatic heterocycles. The van der Waals surface area contributed by atoms with E-state index in [0.717, 1.165) is 37.5 Å². The summed E-state index contributed by atoms with van der Waals surface area (Å²) in [4.78, 5) is 4.50. The zero-order chi connectivity index (χ0) is 12.4. The van der Waals surface area contributed by atoms with Crippen LogP contribution in [0.15, 0.2) is 28.8 Å². The van der Waals surface area contributed by atoms with Crippen LogP contribution < -0.4 is 5.32 Å². The van der Waals surface area contributed by atoms with E-state index in [1.807, 2.05) is 7.05 Å². The highest BCUT2D eigenvalue weighted by molar-refractivity contribution is 5.43. The van der Waals surface area contributed by atoms with Gasteiger partial charge in [0.25, 0.3) is 0 Å². The average Bonchev–Trinajstić information content (AvgIpc) is 2.80. The van der Waals surface area contributed by atoms with Crippen molar-refractivity contribution in [2.24, 2.45) is 0 Å². The number of hydrogen-bond donors (Lipinski definition) is 1. The summed E-state index contributed by atoms with van der Waals surface area (Å²) in [6.45, 7) is 0.976. The van der Waals surface area contributed by atoms with Gasteiger partial charge in [-0.2, -0.15) is 4.98 Å². The summed E-state index contributed by atoms with van der Waals surface area (Å²) >= 11 is 0. The van der Waals surface area contributed by atoms with Crippen LogP contribution in [0.3, 0.4) is 0 Å². The lowest BCUT2D eigenvalue weighted by atomic mass is 9.77. The molecule has 1 aliphatic rings. The van der Waals surface area contributed by atoms with Gasteiger partial charge in [-0.1, -0.05) is 29.4 Å². The highest BCUT2D eigenvalue weighted by Crippen LogP contribution is 2.38. The van der Waals surface area contributed by atoms with Crippen molar-refractivity contribution in [3.63, 3.8) is 0 Å². The second kappa shape index (κ2) is 4.90. The summed E-state index contributed by atoms with van der Waals surface area (Å²) in [5.74, 6) is 1.93. The molecule has 0 aliphatic heterocycles. The average molecular weight is 243 g/mol. The van der Waals surface area contributed by atoms with E-state index < -0.39 is 0 Å². The number of aromatic nitrogens is 2. The van der Waals surface area contributed by atoms with E-state index in [2.05, 4.69) is 39.7 Å². The normalized spacial score (nSPS) is 17.3. The second-order valence-corrected chi connectivity index (χ2v) is 4.71. The third-order valence-corrected chi connectivity index (χ3v) is 3.47. The van der Waals surface area contributed by atoms with Crippen molar-refractivity contribution in [2.75, 3.05) is 13.6 Å². The van der Waals surface area contributed by atoms with Crippen LogP contribution in [0.4, 0.5) is 0 Å². The molecule has 1 heterocycles. The van der Waals surface area contributed by atoms with E-state index in [-0.39, 0.29) is 0 Å². The van der Waals surface area contributed by atoms with Gasteiger partial charge in [0.05, 0.1) is 5.92 Å². The molecule has 1 aliphatic carbocycles. The topological polar surface area (TPSA) is 51.0 Å². The van der Waals surface area contributed by atoms with Gasteiger partial charge in [-0.25, -0.2) is 0 Å². The van der Waals surface area contributed by atoms with Crippen molar-refractivity contribution < 1.29 is 4.52 Å². The van der Waals surface area contributed by atoms with Gasteiger partial charge >= 0.3 is 0 Å². The molecule has 1 unspecified atom stereocenters. The Morgan fingerprint density at radius 2 is 2.28 bits per heavy atom. The minimum atomic E-state index is 0.336. The molecule has 94 valence electrons. The standard InChI is InChI=1S/C14H17N3O/c1-15-8-4-7-13-16-14(17-18-13)12-9-10-5-2-3-6-11(10)12/h2-3,5-6,12,15H,4,7-9H2,1H3. The van der Waals surface area contributed by atoms with Crippen molar-refractivity contribution in [1.82, 2.24) is 15.5 Å². The minimum absolute atomic E-state index is 0.336. The highest BCUT2D eigenvalue weighted by Gasteiger charge is 2.30. The van der Waals surface area contributed by atoms with Crippen LogP contribution >= 0.6 is 0 Å². The smallest absolute Gasteiger partial charge is 0.226 e. The first kappa shape index (κ1) is 11.4. The molecule has 0 spiro atoms. The van der Waals surface area contributed by atoms with Crippen LogP contribution in [0.1, 0.15) is 35.2 Å². The minimum Gasteiger partial charge on any atom is -0.339 e. The summed E-state index contributed by atoms with van der Waals surface area (Å²) in [7, 11) is 1.95. The molecular weight excluding hydrogens is 226 g/mol. The van der Waals surface area contributed by atoms with Gasteiger partial charge in [-0.3, -0.25) is 0 Å². The number of benzene rings is 1. The molecule has 18 heavy (non-hydrogen) atoms. The Morgan fingerprint density at radius 3 is 3.11 bits per heavy atom. The molecule has 0 amide bonds. The first-order valence-electron chi connectivity index (χ1n) is 6.43. The van der Waals surface area contributed by atoms with Crippen molar-refractivity contribution >= 4 is 0 Å². The van der Waals surface area contributed by atoms with Crippen LogP contribution in [0.25, 0.3) is 0 Å². The fourth-order valence-corrected chi connectivity index (χ4v) is 2.42. The summed E-state index contributed by atoms with van der Waals surface area (Å²) < 4.78 is 5.29. The maximum atomic E-state index is 5.29. The number of nitrogens with zero attached hydrogens (tertiary/aromatic N) is 2. The monoisotopic (exact) mass is 243 g/mol. The molecule has 1 atom stereocenters. The number of hydrogen-bond acceptors (Lipinski definition) is 4. The first-order chi connectivity index (χ1) is 8.88. The van der Waals surface area contributed by atoms with Crippen molar-refractivity contribution in [1.29, 1.82) is 0 Å². The van der Waals surface area contributed by atoms with Gasteiger partial charge in [0.1, 0.15) is 0 Å². The van der Waals surface area contributed by atoms with E-state index in [1.165, 1.54) is 11.1 Å². The Balaban J connectivity index is 1.68. The predicted molar refractivity (Wildman–Crippen MR) is 68.5 cm³/mol. The highest BCUT2D eigenvalue weighted by atomic mass is 16.5. The molecule has 4 nitrogen and oxygen atoms in total. The lowest BCUT2D eigenvalue weighted by molar-refractivity contribution is 0.367. The lowest BCUT2D eigenvalue weighted by Crippen LogP contribution is -2.19. The van der Waals surface area contributed by atoms with E-state index in [9.17, 15) is 0 Å². The Labute approximate surface area is 106 Å². The zero-order valence-corrected chi connectivity index (χ0v) is 10.5. The summed E-state index contributed by atoms with van der Waals surface area (Å²) in [5.41, 5.74) is 2.75. The lowest BCUT2D eigenvalue weighted by Gasteiger charge is -2.27. The van der Waals surface area contributed by atoms with Crippen LogP contribution in [-0.4, -0.2) is 23.7 Å². The van der Waals surface area contributed by atoms with Gasteiger partial charge < -0.3 is 9.84 Å². The Hall–Kier alpha value is -1.68. The number of nitrogens with one attached hydrogen (secondary N) is 1. The van der Waals surface area contributed by atoms with Crippen molar-refractivity contribution in [3.05, 3.63) is 47.1 Å². The molecule has 0 radical (unpaired) electrons. The molecule has 1 N–H and O–H groups in total. The molecule has 0 saturated carbocycles. The number of aryl methyl sites for hydroxylation is 1. The fourth-order valence-electron chi connectivity index (χ4n) is 2.42. The van der Waals surface area contributed by atoms with Gasteiger partial charge in [-0.05, 0) is 37.6 Å². The summed E-state index contributed by atoms with van der Waals surface area (Å²) in [6.07, 6.45) is 2.91. The molecular formula is C14H17N3O. The SMILES string of the molecule is CNCCCc1nc(C2Cc3ccccc32)no1. The van der Waals surface area contributed by atoms with Gasteiger partial charge in [0, 0.05) is 6.42 Å². The van der Waals surface area contributed by atoms with Gasteiger partial charge in [0.15, 0.2) is 5.82 Å². The molecule has 0 fully saturated rings. The molecule has 3 rings (SSSR count). The number of fused-ring (bicyclic) bond motifs is 1. The summed E-state index contributed by atoms with van der Waals surface area (Å²) in [6, 6.07) is 8.47. The predicted octanol–water partition coefficient (Wildman–Crippen LogP) is 1.91. The Kier molecular flexibility index (Phi) is 3.11. The maximum absolute atomic E-state index is 5.29. The van der Waals surface area contributed by atoms with Crippen molar-refractivity contribution in [2.45, 2.75) is 25.2 Å². The molecule has 0 saturated heterocycles. The van der Waals surface area contributed by atoms with E-state index in [0.29, 0.717) is 5.92 Å². The third-order valence-electron chi connectivity index (χ3n) is 3.47. The van der Waals surface area contributed by atoms with Crippen molar-refractivity contribution in [3.8, 4) is 0 Å². The summed E-state index contributed by atoms with van der Waals surface area (Å²) in [5, 5.41) is 7.22. The fraction of sp³-hybridized carbons (Fsp3) is 0.429. The molecule has 4 heteroatoms. The van der Waals surface area contributed by atoms with Gasteiger partial charge in [0.2, 0.25) is 5.89 Å². The molecule has 0 bridgehead atoms. The van der Waals surface area contributed by atoms with Crippen LogP contribution in [0.5, 0.6) is 0 Å². The van der Waals surface area contributed by atoms with E-state index >= 15 is 0 Å².